The van der Waals surface area contributed by atoms with Gasteiger partial charge in [0.1, 0.15) is 12.4 Å². The molecule has 3 rings (SSSR count). The molecule has 0 radical (unpaired) electrons. The minimum Gasteiger partial charge on any atom is -0.495 e. The molecule has 0 unspecified atom stereocenters. The number of rotatable bonds is 4. The van der Waals surface area contributed by atoms with Crippen LogP contribution in [0.15, 0.2) is 42.5 Å². The molecule has 7 heteroatoms. The van der Waals surface area contributed by atoms with Crippen molar-refractivity contribution in [1.82, 2.24) is 0 Å². The highest BCUT2D eigenvalue weighted by Gasteiger charge is 2.28. The molecule has 2 aromatic carbocycles. The summed E-state index contributed by atoms with van der Waals surface area (Å²) in [7, 11) is 1.50. The third kappa shape index (κ3) is 3.82. The zero-order chi connectivity index (χ0) is 17.8. The third-order valence-corrected chi connectivity index (χ3v) is 3.58. The Balaban J connectivity index is 1.75. The average molecular weight is 342 g/mol. The first-order chi connectivity index (χ1) is 12.1. The Kier molecular flexibility index (Phi) is 4.74. The van der Waals surface area contributed by atoms with Gasteiger partial charge in [-0.3, -0.25) is 9.59 Å². The Morgan fingerprint density at radius 3 is 2.60 bits per heavy atom. The number of hydrogen-bond acceptors (Lipinski definition) is 5. The predicted molar refractivity (Wildman–Crippen MR) is 92.3 cm³/mol. The van der Waals surface area contributed by atoms with Gasteiger partial charge in [0.2, 0.25) is 12.0 Å². The molecule has 1 aliphatic heterocycles. The lowest BCUT2D eigenvalue weighted by Gasteiger charge is -2.25. The average Bonchev–Trinajstić information content (AvgIpc) is 2.61. The van der Waals surface area contributed by atoms with Crippen LogP contribution < -0.4 is 24.8 Å². The monoisotopic (exact) mass is 342 g/mol. The number of hydrogen-bond donors (Lipinski definition) is 2. The quantitative estimate of drug-likeness (QED) is 0.891. The second kappa shape index (κ2) is 7.12. The maximum absolute atomic E-state index is 12.5. The molecule has 0 saturated heterocycles. The van der Waals surface area contributed by atoms with Crippen molar-refractivity contribution in [2.24, 2.45) is 0 Å². The zero-order valence-corrected chi connectivity index (χ0v) is 13.9. The van der Waals surface area contributed by atoms with E-state index in [0.717, 1.165) is 0 Å². The van der Waals surface area contributed by atoms with Crippen LogP contribution in [0.25, 0.3) is 0 Å². The molecule has 0 bridgehead atoms. The van der Waals surface area contributed by atoms with Crippen molar-refractivity contribution < 1.29 is 23.8 Å². The van der Waals surface area contributed by atoms with Crippen molar-refractivity contribution in [3.05, 3.63) is 42.5 Å². The molecule has 25 heavy (non-hydrogen) atoms. The van der Waals surface area contributed by atoms with E-state index in [2.05, 4.69) is 10.6 Å². The molecule has 2 aromatic rings. The molecular formula is C18H18N2O5. The molecule has 1 aliphatic rings. The highest BCUT2D eigenvalue weighted by molar-refractivity contribution is 5.97. The summed E-state index contributed by atoms with van der Waals surface area (Å²) in [6.45, 7) is 1.52. The van der Waals surface area contributed by atoms with Crippen molar-refractivity contribution in [2.45, 2.75) is 13.0 Å². The fourth-order valence-electron chi connectivity index (χ4n) is 2.45. The Bertz CT molecular complexity index is 806. The lowest BCUT2D eigenvalue weighted by atomic mass is 10.2. The first kappa shape index (κ1) is 16.6. The van der Waals surface area contributed by atoms with E-state index < -0.39 is 6.10 Å². The number of amides is 2. The van der Waals surface area contributed by atoms with Crippen LogP contribution in [-0.2, 0) is 9.59 Å². The molecule has 0 saturated carbocycles. The van der Waals surface area contributed by atoms with Crippen molar-refractivity contribution in [3.8, 4) is 17.2 Å². The van der Waals surface area contributed by atoms with Gasteiger partial charge in [-0.1, -0.05) is 12.1 Å². The number of ether oxygens (including phenoxy) is 3. The lowest BCUT2D eigenvalue weighted by molar-refractivity contribution is -0.125. The third-order valence-electron chi connectivity index (χ3n) is 3.58. The molecule has 1 atom stereocenters. The molecule has 130 valence electrons. The Hall–Kier alpha value is -3.22. The van der Waals surface area contributed by atoms with Gasteiger partial charge in [-0.15, -0.1) is 0 Å². The first-order valence-corrected chi connectivity index (χ1v) is 7.72. The maximum Gasteiger partial charge on any atom is 0.269 e. The van der Waals surface area contributed by atoms with Gasteiger partial charge >= 0.3 is 0 Å². The van der Waals surface area contributed by atoms with Crippen LogP contribution in [-0.4, -0.2) is 31.6 Å². The van der Waals surface area contributed by atoms with Gasteiger partial charge < -0.3 is 24.8 Å². The van der Waals surface area contributed by atoms with E-state index in [1.807, 2.05) is 12.1 Å². The normalized spacial score (nSPS) is 15.2. The standard InChI is InChI=1S/C18H18N2O5/c1-11(21)19-12-7-8-14(23-2)13(9-12)20-18(22)17-10-24-15-5-3-4-6-16(15)25-17/h3-9,17H,10H2,1-2H3,(H,19,21)(H,20,22)/t17-/m0/s1. The van der Waals surface area contributed by atoms with E-state index in [0.29, 0.717) is 28.6 Å². The molecule has 2 N–H and O–H groups in total. The van der Waals surface area contributed by atoms with Crippen LogP contribution in [0.3, 0.4) is 0 Å². The van der Waals surface area contributed by atoms with Crippen LogP contribution in [0.2, 0.25) is 0 Å². The lowest BCUT2D eigenvalue weighted by Crippen LogP contribution is -2.40. The number of benzene rings is 2. The smallest absolute Gasteiger partial charge is 0.269 e. The number of carbonyl (C=O) groups is 2. The van der Waals surface area contributed by atoms with Crippen molar-refractivity contribution in [1.29, 1.82) is 0 Å². The van der Waals surface area contributed by atoms with Gasteiger partial charge in [0.15, 0.2) is 11.5 Å². The molecule has 2 amide bonds. The topological polar surface area (TPSA) is 85.9 Å². The molecule has 0 spiro atoms. The number of nitrogens with one attached hydrogen (secondary N) is 2. The van der Waals surface area contributed by atoms with Crippen molar-refractivity contribution >= 4 is 23.2 Å². The summed E-state index contributed by atoms with van der Waals surface area (Å²) >= 11 is 0. The maximum atomic E-state index is 12.5. The van der Waals surface area contributed by atoms with Crippen molar-refractivity contribution in [2.75, 3.05) is 24.4 Å². The Labute approximate surface area is 144 Å². The van der Waals surface area contributed by atoms with E-state index in [-0.39, 0.29) is 18.4 Å². The number of para-hydroxylation sites is 2. The van der Waals surface area contributed by atoms with Crippen LogP contribution in [0.5, 0.6) is 17.2 Å². The molecule has 0 fully saturated rings. The van der Waals surface area contributed by atoms with Gasteiger partial charge in [-0.2, -0.15) is 0 Å². The predicted octanol–water partition coefficient (Wildman–Crippen LogP) is 2.43. The van der Waals surface area contributed by atoms with E-state index in [1.165, 1.54) is 14.0 Å². The van der Waals surface area contributed by atoms with Crippen molar-refractivity contribution in [3.63, 3.8) is 0 Å². The summed E-state index contributed by atoms with van der Waals surface area (Å²) in [6.07, 6.45) is -0.788. The van der Waals surface area contributed by atoms with Crippen LogP contribution >= 0.6 is 0 Å². The fourth-order valence-corrected chi connectivity index (χ4v) is 2.45. The molecule has 7 nitrogen and oxygen atoms in total. The summed E-state index contributed by atoms with van der Waals surface area (Å²) in [5, 5.41) is 5.42. The Morgan fingerprint density at radius 1 is 1.12 bits per heavy atom. The highest BCUT2D eigenvalue weighted by atomic mass is 16.6. The molecule has 1 heterocycles. The highest BCUT2D eigenvalue weighted by Crippen LogP contribution is 2.32. The molecule has 0 aliphatic carbocycles. The van der Waals surface area contributed by atoms with Gasteiger partial charge in [-0.25, -0.2) is 0 Å². The van der Waals surface area contributed by atoms with Gasteiger partial charge in [0, 0.05) is 12.6 Å². The minimum atomic E-state index is -0.788. The van der Waals surface area contributed by atoms with E-state index >= 15 is 0 Å². The van der Waals surface area contributed by atoms with E-state index in [9.17, 15) is 9.59 Å². The van der Waals surface area contributed by atoms with E-state index in [4.69, 9.17) is 14.2 Å². The number of methoxy groups -OCH3 is 1. The first-order valence-electron chi connectivity index (χ1n) is 7.72. The van der Waals surface area contributed by atoms with E-state index in [1.54, 1.807) is 30.3 Å². The second-order valence-electron chi connectivity index (χ2n) is 5.45. The molecule has 0 aromatic heterocycles. The Morgan fingerprint density at radius 2 is 1.88 bits per heavy atom. The summed E-state index contributed by atoms with van der Waals surface area (Å²) < 4.78 is 16.5. The van der Waals surface area contributed by atoms with Gasteiger partial charge in [-0.05, 0) is 30.3 Å². The largest absolute Gasteiger partial charge is 0.495 e. The summed E-state index contributed by atoms with van der Waals surface area (Å²) in [4.78, 5) is 23.7. The number of fused-ring (bicyclic) bond motifs is 1. The summed E-state index contributed by atoms with van der Waals surface area (Å²) in [5.41, 5.74) is 0.982. The van der Waals surface area contributed by atoms with Crippen LogP contribution in [0, 0.1) is 0 Å². The number of carbonyl (C=O) groups excluding carboxylic acids is 2. The molecular weight excluding hydrogens is 324 g/mol. The number of anilines is 2. The van der Waals surface area contributed by atoms with Gasteiger partial charge in [0.25, 0.3) is 5.91 Å². The summed E-state index contributed by atoms with van der Waals surface area (Å²) in [6, 6.07) is 12.1. The van der Waals surface area contributed by atoms with Crippen LogP contribution in [0.1, 0.15) is 6.92 Å². The summed E-state index contributed by atoms with van der Waals surface area (Å²) in [5.74, 6) is 1.03. The second-order valence-corrected chi connectivity index (χ2v) is 5.45. The fraction of sp³-hybridized carbons (Fsp3) is 0.222. The van der Waals surface area contributed by atoms with Crippen LogP contribution in [0.4, 0.5) is 11.4 Å². The zero-order valence-electron chi connectivity index (χ0n) is 13.9. The minimum absolute atomic E-state index is 0.108. The van der Waals surface area contributed by atoms with Gasteiger partial charge in [0.05, 0.1) is 12.8 Å². The SMILES string of the molecule is COc1ccc(NC(C)=O)cc1NC(=O)[C@@H]1COc2ccccc2O1.